The van der Waals surface area contributed by atoms with Crippen LogP contribution < -0.4 is 10.9 Å². The number of rotatable bonds is 4. The quantitative estimate of drug-likeness (QED) is 0.795. The lowest BCUT2D eigenvalue weighted by Gasteiger charge is -2.12. The van der Waals surface area contributed by atoms with Gasteiger partial charge in [-0.3, -0.25) is 19.1 Å². The molecule has 2 aromatic heterocycles. The number of nitrogens with zero attached hydrogens (tertiary/aromatic N) is 3. The van der Waals surface area contributed by atoms with Crippen molar-refractivity contribution in [2.45, 2.75) is 33.7 Å². The first-order valence-corrected chi connectivity index (χ1v) is 8.14. The molecule has 0 aliphatic heterocycles. The third kappa shape index (κ3) is 3.57. The molecule has 0 aliphatic rings. The van der Waals surface area contributed by atoms with Gasteiger partial charge in [0.25, 0.3) is 5.56 Å². The first kappa shape index (κ1) is 16.8. The lowest BCUT2D eigenvalue weighted by atomic mass is 10.1. The molecule has 0 spiro atoms. The number of hydrogen-bond acceptors (Lipinski definition) is 4. The molecular weight excluding hydrogens is 316 g/mol. The van der Waals surface area contributed by atoms with Gasteiger partial charge in [0.05, 0.1) is 28.6 Å². The Morgan fingerprint density at radius 1 is 1.20 bits per heavy atom. The monoisotopic (exact) mass is 336 g/mol. The summed E-state index contributed by atoms with van der Waals surface area (Å²) in [6.07, 6.45) is 1.68. The van der Waals surface area contributed by atoms with Gasteiger partial charge < -0.3 is 5.32 Å². The Bertz CT molecular complexity index is 985. The fourth-order valence-electron chi connectivity index (χ4n) is 2.90. The van der Waals surface area contributed by atoms with Gasteiger partial charge in [0.2, 0.25) is 5.91 Å². The van der Waals surface area contributed by atoms with Crippen LogP contribution in [0.5, 0.6) is 0 Å². The van der Waals surface area contributed by atoms with Crippen molar-refractivity contribution in [3.8, 4) is 0 Å². The molecule has 25 heavy (non-hydrogen) atoms. The molecular formula is C19H20N4O2. The molecule has 3 rings (SSSR count). The number of amides is 1. The van der Waals surface area contributed by atoms with Crippen molar-refractivity contribution in [1.82, 2.24) is 14.5 Å². The lowest BCUT2D eigenvalue weighted by molar-refractivity contribution is -0.116. The van der Waals surface area contributed by atoms with E-state index in [1.165, 1.54) is 10.9 Å². The van der Waals surface area contributed by atoms with Crippen molar-refractivity contribution in [1.29, 1.82) is 0 Å². The maximum Gasteiger partial charge on any atom is 0.261 e. The van der Waals surface area contributed by atoms with Gasteiger partial charge in [-0.2, -0.15) is 0 Å². The molecule has 2 heterocycles. The SMILES string of the molecule is Cc1cc(C)c(NC(=O)CCn2cnc3ccccc3c2=O)c(C)n1. The van der Waals surface area contributed by atoms with Gasteiger partial charge in [0, 0.05) is 18.7 Å². The van der Waals surface area contributed by atoms with E-state index in [1.807, 2.05) is 32.9 Å². The number of fused-ring (bicyclic) bond motifs is 1. The molecule has 1 N–H and O–H groups in total. The molecule has 0 saturated heterocycles. The highest BCUT2D eigenvalue weighted by molar-refractivity contribution is 5.92. The van der Waals surface area contributed by atoms with Gasteiger partial charge in [0.1, 0.15) is 0 Å². The maximum atomic E-state index is 12.4. The number of anilines is 1. The first-order chi connectivity index (χ1) is 12.0. The minimum atomic E-state index is -0.156. The molecule has 128 valence electrons. The maximum absolute atomic E-state index is 12.4. The molecule has 0 radical (unpaired) electrons. The zero-order valence-corrected chi connectivity index (χ0v) is 14.5. The predicted molar refractivity (Wildman–Crippen MR) is 97.7 cm³/mol. The van der Waals surface area contributed by atoms with Gasteiger partial charge in [-0.15, -0.1) is 0 Å². The van der Waals surface area contributed by atoms with Crippen LogP contribution >= 0.6 is 0 Å². The zero-order chi connectivity index (χ0) is 18.0. The molecule has 6 nitrogen and oxygen atoms in total. The number of para-hydroxylation sites is 1. The number of carbonyl (C=O) groups excluding carboxylic acids is 1. The fraction of sp³-hybridized carbons (Fsp3) is 0.263. The van der Waals surface area contributed by atoms with Crippen LogP contribution in [0.2, 0.25) is 0 Å². The topological polar surface area (TPSA) is 76.9 Å². The smallest absolute Gasteiger partial charge is 0.261 e. The van der Waals surface area contributed by atoms with E-state index in [2.05, 4.69) is 15.3 Å². The van der Waals surface area contributed by atoms with E-state index >= 15 is 0 Å². The van der Waals surface area contributed by atoms with Crippen LogP contribution in [0.15, 0.2) is 41.5 Å². The molecule has 3 aromatic rings. The van der Waals surface area contributed by atoms with Crippen LogP contribution in [-0.4, -0.2) is 20.4 Å². The molecule has 6 heteroatoms. The number of aromatic nitrogens is 3. The van der Waals surface area contributed by atoms with Gasteiger partial charge in [0.15, 0.2) is 0 Å². The lowest BCUT2D eigenvalue weighted by Crippen LogP contribution is -2.24. The average Bonchev–Trinajstić information content (AvgIpc) is 2.58. The standard InChI is InChI=1S/C19H20N4O2/c1-12-10-13(2)21-14(3)18(12)22-17(24)8-9-23-11-20-16-7-5-4-6-15(16)19(23)25/h4-7,10-11H,8-9H2,1-3H3,(H,22,24). The average molecular weight is 336 g/mol. The third-order valence-corrected chi connectivity index (χ3v) is 4.10. The van der Waals surface area contributed by atoms with E-state index in [-0.39, 0.29) is 24.4 Å². The van der Waals surface area contributed by atoms with Crippen LogP contribution in [0.4, 0.5) is 5.69 Å². The van der Waals surface area contributed by atoms with Gasteiger partial charge in [-0.05, 0) is 44.5 Å². The highest BCUT2D eigenvalue weighted by atomic mass is 16.2. The number of aryl methyl sites for hydroxylation is 4. The summed E-state index contributed by atoms with van der Waals surface area (Å²) in [5.41, 5.74) is 3.94. The molecule has 0 fully saturated rings. The summed E-state index contributed by atoms with van der Waals surface area (Å²) in [4.78, 5) is 33.3. The summed E-state index contributed by atoms with van der Waals surface area (Å²) >= 11 is 0. The zero-order valence-electron chi connectivity index (χ0n) is 14.5. The summed E-state index contributed by atoms with van der Waals surface area (Å²) in [5.74, 6) is -0.156. The minimum Gasteiger partial charge on any atom is -0.324 e. The van der Waals surface area contributed by atoms with Crippen molar-refractivity contribution in [3.63, 3.8) is 0 Å². The Kier molecular flexibility index (Phi) is 4.61. The van der Waals surface area contributed by atoms with E-state index in [1.54, 1.807) is 18.2 Å². The van der Waals surface area contributed by atoms with Crippen LogP contribution in [-0.2, 0) is 11.3 Å². The van der Waals surface area contributed by atoms with Gasteiger partial charge >= 0.3 is 0 Å². The second kappa shape index (κ2) is 6.84. The Labute approximate surface area is 145 Å². The molecule has 1 aromatic carbocycles. The van der Waals surface area contributed by atoms with E-state index in [9.17, 15) is 9.59 Å². The van der Waals surface area contributed by atoms with Crippen LogP contribution in [0.3, 0.4) is 0 Å². The molecule has 0 aliphatic carbocycles. The first-order valence-electron chi connectivity index (χ1n) is 8.14. The Morgan fingerprint density at radius 3 is 2.72 bits per heavy atom. The van der Waals surface area contributed by atoms with E-state index in [4.69, 9.17) is 0 Å². The Morgan fingerprint density at radius 2 is 1.96 bits per heavy atom. The number of hydrogen-bond donors (Lipinski definition) is 1. The normalized spacial score (nSPS) is 10.8. The van der Waals surface area contributed by atoms with Crippen molar-refractivity contribution >= 4 is 22.5 Å². The van der Waals surface area contributed by atoms with Crippen LogP contribution in [0.25, 0.3) is 10.9 Å². The fourth-order valence-corrected chi connectivity index (χ4v) is 2.90. The van der Waals surface area contributed by atoms with Crippen molar-refractivity contribution in [2.75, 3.05) is 5.32 Å². The van der Waals surface area contributed by atoms with Crippen LogP contribution in [0.1, 0.15) is 23.4 Å². The van der Waals surface area contributed by atoms with Crippen molar-refractivity contribution in [3.05, 3.63) is 64.0 Å². The largest absolute Gasteiger partial charge is 0.324 e. The van der Waals surface area contributed by atoms with Crippen LogP contribution in [0, 0.1) is 20.8 Å². The summed E-state index contributed by atoms with van der Waals surface area (Å²) in [6, 6.07) is 9.11. The minimum absolute atomic E-state index is 0.136. The highest BCUT2D eigenvalue weighted by Gasteiger charge is 2.10. The van der Waals surface area contributed by atoms with Gasteiger partial charge in [-0.25, -0.2) is 4.98 Å². The van der Waals surface area contributed by atoms with Crippen molar-refractivity contribution < 1.29 is 4.79 Å². The Hall–Kier alpha value is -3.02. The summed E-state index contributed by atoms with van der Waals surface area (Å²) in [7, 11) is 0. The number of nitrogens with one attached hydrogen (secondary N) is 1. The third-order valence-electron chi connectivity index (χ3n) is 4.10. The molecule has 0 atom stereocenters. The summed E-state index contributed by atoms with van der Waals surface area (Å²) in [6.45, 7) is 6.01. The molecule has 0 bridgehead atoms. The Balaban J connectivity index is 1.73. The number of pyridine rings is 1. The summed E-state index contributed by atoms with van der Waals surface area (Å²) in [5, 5.41) is 3.45. The number of benzene rings is 1. The second-order valence-corrected chi connectivity index (χ2v) is 6.10. The van der Waals surface area contributed by atoms with E-state index < -0.39 is 0 Å². The molecule has 0 saturated carbocycles. The second-order valence-electron chi connectivity index (χ2n) is 6.10. The summed E-state index contributed by atoms with van der Waals surface area (Å²) < 4.78 is 1.47. The van der Waals surface area contributed by atoms with Crippen molar-refractivity contribution in [2.24, 2.45) is 0 Å². The molecule has 0 unspecified atom stereocenters. The van der Waals surface area contributed by atoms with Gasteiger partial charge in [-0.1, -0.05) is 12.1 Å². The van der Waals surface area contributed by atoms with E-state index in [0.717, 1.165) is 22.6 Å². The highest BCUT2D eigenvalue weighted by Crippen LogP contribution is 2.19. The predicted octanol–water partition coefficient (Wildman–Crippen LogP) is 2.75. The number of carbonyl (C=O) groups is 1. The molecule has 1 amide bonds. The van der Waals surface area contributed by atoms with E-state index in [0.29, 0.717) is 10.9 Å².